The van der Waals surface area contributed by atoms with Crippen LogP contribution >= 0.6 is 0 Å². The molecule has 2 heteroatoms. The first-order valence-corrected chi connectivity index (χ1v) is 6.35. The van der Waals surface area contributed by atoms with Crippen molar-refractivity contribution in [1.29, 1.82) is 0 Å². The van der Waals surface area contributed by atoms with E-state index < -0.39 is 6.30 Å². The van der Waals surface area contributed by atoms with Crippen LogP contribution in [0.4, 0.5) is 4.39 Å². The molecule has 0 radical (unpaired) electrons. The first-order chi connectivity index (χ1) is 8.86. The third kappa shape index (κ3) is 2.29. The molecule has 0 spiro atoms. The van der Waals surface area contributed by atoms with E-state index in [0.717, 1.165) is 18.5 Å². The Balaban J connectivity index is 1.60. The molecule has 0 amide bonds. The SMILES string of the molecule is FC1C(c2ccccc2)N1CCc1ccccc1. The van der Waals surface area contributed by atoms with Crippen LogP contribution in [0.2, 0.25) is 0 Å². The summed E-state index contributed by atoms with van der Waals surface area (Å²) in [6.07, 6.45) is 0.0982. The van der Waals surface area contributed by atoms with Crippen LogP contribution in [0, 0.1) is 0 Å². The maximum Gasteiger partial charge on any atom is 0.174 e. The zero-order valence-electron chi connectivity index (χ0n) is 10.2. The Labute approximate surface area is 107 Å². The second kappa shape index (κ2) is 4.91. The van der Waals surface area contributed by atoms with Crippen molar-refractivity contribution >= 4 is 0 Å². The van der Waals surface area contributed by atoms with E-state index in [0.29, 0.717) is 0 Å². The van der Waals surface area contributed by atoms with Gasteiger partial charge in [-0.2, -0.15) is 0 Å². The molecule has 0 aromatic heterocycles. The maximum absolute atomic E-state index is 13.8. The summed E-state index contributed by atoms with van der Waals surface area (Å²) >= 11 is 0. The van der Waals surface area contributed by atoms with E-state index in [9.17, 15) is 4.39 Å². The zero-order chi connectivity index (χ0) is 12.4. The number of hydrogen-bond acceptors (Lipinski definition) is 1. The molecule has 3 rings (SSSR count). The van der Waals surface area contributed by atoms with Gasteiger partial charge in [-0.15, -0.1) is 0 Å². The Hall–Kier alpha value is -1.67. The second-order valence-electron chi connectivity index (χ2n) is 4.70. The molecule has 0 saturated carbocycles. The molecule has 0 N–H and O–H groups in total. The zero-order valence-corrected chi connectivity index (χ0v) is 10.2. The molecule has 2 aromatic carbocycles. The minimum Gasteiger partial charge on any atom is -0.261 e. The normalized spacial score (nSPS) is 25.9. The van der Waals surface area contributed by atoms with E-state index in [1.54, 1.807) is 0 Å². The van der Waals surface area contributed by atoms with Crippen LogP contribution < -0.4 is 0 Å². The number of nitrogens with zero attached hydrogens (tertiary/aromatic N) is 1. The van der Waals surface area contributed by atoms with Gasteiger partial charge in [-0.1, -0.05) is 60.7 Å². The lowest BCUT2D eigenvalue weighted by molar-refractivity contribution is 0.350. The van der Waals surface area contributed by atoms with Crippen molar-refractivity contribution in [3.8, 4) is 0 Å². The van der Waals surface area contributed by atoms with E-state index in [-0.39, 0.29) is 6.04 Å². The quantitative estimate of drug-likeness (QED) is 0.584. The fourth-order valence-electron chi connectivity index (χ4n) is 2.41. The highest BCUT2D eigenvalue weighted by Crippen LogP contribution is 2.43. The molecular formula is C16H16FN. The summed E-state index contributed by atoms with van der Waals surface area (Å²) in [7, 11) is 0. The molecule has 1 aliphatic heterocycles. The molecule has 18 heavy (non-hydrogen) atoms. The van der Waals surface area contributed by atoms with Crippen LogP contribution in [0.5, 0.6) is 0 Å². The fourth-order valence-corrected chi connectivity index (χ4v) is 2.41. The first-order valence-electron chi connectivity index (χ1n) is 6.35. The Morgan fingerprint density at radius 1 is 0.889 bits per heavy atom. The van der Waals surface area contributed by atoms with Gasteiger partial charge < -0.3 is 0 Å². The lowest BCUT2D eigenvalue weighted by Crippen LogP contribution is -2.05. The molecular weight excluding hydrogens is 225 g/mol. The number of alkyl halides is 1. The van der Waals surface area contributed by atoms with Gasteiger partial charge in [0.2, 0.25) is 0 Å². The van der Waals surface area contributed by atoms with Gasteiger partial charge in [0.15, 0.2) is 6.30 Å². The van der Waals surface area contributed by atoms with Crippen molar-refractivity contribution in [2.45, 2.75) is 18.8 Å². The lowest BCUT2D eigenvalue weighted by atomic mass is 10.1. The van der Waals surface area contributed by atoms with Gasteiger partial charge in [0.05, 0.1) is 6.04 Å². The Bertz CT molecular complexity index is 497. The fraction of sp³-hybridized carbons (Fsp3) is 0.250. The summed E-state index contributed by atoms with van der Waals surface area (Å²) in [6, 6.07) is 20.1. The van der Waals surface area contributed by atoms with Crippen molar-refractivity contribution in [3.05, 3.63) is 71.8 Å². The second-order valence-corrected chi connectivity index (χ2v) is 4.70. The first kappa shape index (κ1) is 11.4. The van der Waals surface area contributed by atoms with Crippen molar-refractivity contribution < 1.29 is 4.39 Å². The van der Waals surface area contributed by atoms with E-state index >= 15 is 0 Å². The average molecular weight is 241 g/mol. The number of rotatable bonds is 4. The van der Waals surface area contributed by atoms with Crippen molar-refractivity contribution in [2.75, 3.05) is 6.54 Å². The van der Waals surface area contributed by atoms with Gasteiger partial charge in [-0.25, -0.2) is 4.39 Å². The monoisotopic (exact) mass is 241 g/mol. The molecule has 1 heterocycles. The minimum atomic E-state index is -0.809. The molecule has 1 aliphatic rings. The summed E-state index contributed by atoms with van der Waals surface area (Å²) in [5, 5.41) is 0. The molecule has 3 atom stereocenters. The van der Waals surface area contributed by atoms with Gasteiger partial charge in [0.1, 0.15) is 0 Å². The van der Waals surface area contributed by atoms with Crippen LogP contribution in [0.15, 0.2) is 60.7 Å². The highest BCUT2D eigenvalue weighted by molar-refractivity contribution is 5.25. The summed E-state index contributed by atoms with van der Waals surface area (Å²) in [4.78, 5) is 1.91. The smallest absolute Gasteiger partial charge is 0.174 e. The van der Waals surface area contributed by atoms with Crippen molar-refractivity contribution in [3.63, 3.8) is 0 Å². The minimum absolute atomic E-state index is 0.0325. The van der Waals surface area contributed by atoms with Gasteiger partial charge >= 0.3 is 0 Å². The molecule has 3 unspecified atom stereocenters. The predicted octanol–water partition coefficient (Wildman–Crippen LogP) is 3.58. The Morgan fingerprint density at radius 3 is 2.17 bits per heavy atom. The van der Waals surface area contributed by atoms with Gasteiger partial charge in [0, 0.05) is 6.54 Å². The predicted molar refractivity (Wildman–Crippen MR) is 70.9 cm³/mol. The number of hydrogen-bond donors (Lipinski definition) is 0. The molecule has 1 saturated heterocycles. The summed E-state index contributed by atoms with van der Waals surface area (Å²) < 4.78 is 13.8. The van der Waals surface area contributed by atoms with Crippen LogP contribution in [0.1, 0.15) is 17.2 Å². The highest BCUT2D eigenvalue weighted by atomic mass is 19.1. The van der Waals surface area contributed by atoms with Crippen LogP contribution in [-0.2, 0) is 6.42 Å². The standard InChI is InChI=1S/C16H16FN/c17-16-15(14-9-5-2-6-10-14)18(16)12-11-13-7-3-1-4-8-13/h1-10,15-16H,11-12H2. The van der Waals surface area contributed by atoms with Crippen LogP contribution in [-0.4, -0.2) is 17.7 Å². The number of benzene rings is 2. The molecule has 2 aromatic rings. The van der Waals surface area contributed by atoms with E-state index in [1.165, 1.54) is 5.56 Å². The molecule has 0 aliphatic carbocycles. The Kier molecular flexibility index (Phi) is 3.11. The number of halogens is 1. The van der Waals surface area contributed by atoms with Gasteiger partial charge in [0.25, 0.3) is 0 Å². The summed E-state index contributed by atoms with van der Waals surface area (Å²) in [6.45, 7) is 0.782. The van der Waals surface area contributed by atoms with Gasteiger partial charge in [-0.3, -0.25) is 4.90 Å². The lowest BCUT2D eigenvalue weighted by Gasteiger charge is -2.03. The summed E-state index contributed by atoms with van der Waals surface area (Å²) in [5.41, 5.74) is 2.35. The van der Waals surface area contributed by atoms with Crippen molar-refractivity contribution in [1.82, 2.24) is 4.90 Å². The Morgan fingerprint density at radius 2 is 1.50 bits per heavy atom. The van der Waals surface area contributed by atoms with Gasteiger partial charge in [-0.05, 0) is 17.5 Å². The highest BCUT2D eigenvalue weighted by Gasteiger charge is 2.48. The molecule has 0 bridgehead atoms. The van der Waals surface area contributed by atoms with E-state index in [4.69, 9.17) is 0 Å². The third-order valence-corrected chi connectivity index (χ3v) is 3.49. The third-order valence-electron chi connectivity index (χ3n) is 3.49. The van der Waals surface area contributed by atoms with Crippen LogP contribution in [0.25, 0.3) is 0 Å². The van der Waals surface area contributed by atoms with Crippen LogP contribution in [0.3, 0.4) is 0 Å². The van der Waals surface area contributed by atoms with E-state index in [1.807, 2.05) is 53.4 Å². The topological polar surface area (TPSA) is 3.01 Å². The van der Waals surface area contributed by atoms with E-state index in [2.05, 4.69) is 12.1 Å². The summed E-state index contributed by atoms with van der Waals surface area (Å²) in [5.74, 6) is 0. The molecule has 1 nitrogen and oxygen atoms in total. The molecule has 1 fully saturated rings. The maximum atomic E-state index is 13.8. The van der Waals surface area contributed by atoms with Crippen molar-refractivity contribution in [2.24, 2.45) is 0 Å². The largest absolute Gasteiger partial charge is 0.261 e. The average Bonchev–Trinajstić information content (AvgIpc) is 3.09. The molecule has 92 valence electrons.